The van der Waals surface area contributed by atoms with Gasteiger partial charge >= 0.3 is 12.1 Å². The fourth-order valence-corrected chi connectivity index (χ4v) is 3.77. The third kappa shape index (κ3) is 6.22. The second-order valence-corrected chi connectivity index (χ2v) is 7.17. The highest BCUT2D eigenvalue weighted by molar-refractivity contribution is 8.03. The average molecular weight is 338 g/mol. The number of hydrogen-bond acceptors (Lipinski definition) is 3. The molecule has 0 saturated carbocycles. The topological polar surface area (TPSA) is 37.3 Å². The molecule has 2 nitrogen and oxygen atoms in total. The molecule has 0 amide bonds. The SMILES string of the molecule is CC(C)C(SCCSc1cccc(C(F)(F)F)c1)C(=O)O. The lowest BCUT2D eigenvalue weighted by Gasteiger charge is -2.15. The average Bonchev–Trinajstić information content (AvgIpc) is 2.37. The Balaban J connectivity index is 2.48. The zero-order chi connectivity index (χ0) is 16.0. The molecule has 0 aliphatic carbocycles. The summed E-state index contributed by atoms with van der Waals surface area (Å²) in [7, 11) is 0. The van der Waals surface area contributed by atoms with Gasteiger partial charge in [0.05, 0.1) is 5.56 Å². The van der Waals surface area contributed by atoms with E-state index in [0.29, 0.717) is 16.4 Å². The Morgan fingerprint density at radius 1 is 1.29 bits per heavy atom. The first-order chi connectivity index (χ1) is 9.71. The second kappa shape index (κ2) is 7.98. The predicted octanol–water partition coefficient (Wildman–Crippen LogP) is 4.64. The van der Waals surface area contributed by atoms with Crippen LogP contribution in [0.5, 0.6) is 0 Å². The van der Waals surface area contributed by atoms with E-state index in [2.05, 4.69) is 0 Å². The third-order valence-electron chi connectivity index (χ3n) is 2.66. The number of hydrogen-bond donors (Lipinski definition) is 1. The van der Waals surface area contributed by atoms with Gasteiger partial charge in [-0.05, 0) is 24.1 Å². The molecule has 0 aromatic heterocycles. The normalized spacial score (nSPS) is 13.4. The van der Waals surface area contributed by atoms with Gasteiger partial charge in [-0.15, -0.1) is 23.5 Å². The molecule has 1 atom stereocenters. The number of carbonyl (C=O) groups is 1. The summed E-state index contributed by atoms with van der Waals surface area (Å²) in [4.78, 5) is 11.6. The minimum absolute atomic E-state index is 0.0195. The van der Waals surface area contributed by atoms with E-state index in [-0.39, 0.29) is 5.92 Å². The van der Waals surface area contributed by atoms with Crippen molar-refractivity contribution in [3.05, 3.63) is 29.8 Å². The summed E-state index contributed by atoms with van der Waals surface area (Å²) >= 11 is 2.63. The summed E-state index contributed by atoms with van der Waals surface area (Å²) < 4.78 is 37.7. The van der Waals surface area contributed by atoms with E-state index in [0.717, 1.165) is 12.1 Å². The highest BCUT2D eigenvalue weighted by Gasteiger charge is 2.30. The van der Waals surface area contributed by atoms with Crippen LogP contribution in [0.3, 0.4) is 0 Å². The van der Waals surface area contributed by atoms with Crippen LogP contribution in [0.2, 0.25) is 0 Å². The molecular formula is C14H17F3O2S2. The van der Waals surface area contributed by atoms with E-state index in [1.54, 1.807) is 6.07 Å². The molecule has 0 saturated heterocycles. The van der Waals surface area contributed by atoms with Crippen LogP contribution in [0.25, 0.3) is 0 Å². The number of carboxylic acids is 1. The molecule has 0 heterocycles. The lowest BCUT2D eigenvalue weighted by atomic mass is 10.1. The van der Waals surface area contributed by atoms with Crippen molar-refractivity contribution in [2.45, 2.75) is 30.2 Å². The van der Waals surface area contributed by atoms with Crippen LogP contribution in [-0.4, -0.2) is 27.8 Å². The minimum Gasteiger partial charge on any atom is -0.480 e. The van der Waals surface area contributed by atoms with Crippen molar-refractivity contribution in [2.24, 2.45) is 5.92 Å². The molecular weight excluding hydrogens is 321 g/mol. The summed E-state index contributed by atoms with van der Waals surface area (Å²) in [6.07, 6.45) is -4.34. The Labute approximate surface area is 130 Å². The number of carboxylic acid groups (broad SMARTS) is 1. The number of benzene rings is 1. The molecule has 1 aromatic carbocycles. The first kappa shape index (κ1) is 18.2. The smallest absolute Gasteiger partial charge is 0.416 e. The molecule has 0 aliphatic rings. The zero-order valence-corrected chi connectivity index (χ0v) is 13.3. The Hall–Kier alpha value is -0.820. The van der Waals surface area contributed by atoms with Gasteiger partial charge in [-0.25, -0.2) is 0 Å². The molecule has 0 fully saturated rings. The van der Waals surface area contributed by atoms with Crippen molar-refractivity contribution in [3.63, 3.8) is 0 Å². The van der Waals surface area contributed by atoms with Crippen LogP contribution in [-0.2, 0) is 11.0 Å². The lowest BCUT2D eigenvalue weighted by molar-refractivity contribution is -0.138. The summed E-state index contributed by atoms with van der Waals surface area (Å²) in [6, 6.07) is 5.17. The quantitative estimate of drug-likeness (QED) is 0.580. The number of halogens is 3. The van der Waals surface area contributed by atoms with Crippen LogP contribution in [0.15, 0.2) is 29.2 Å². The second-order valence-electron chi connectivity index (χ2n) is 4.75. The molecule has 0 radical (unpaired) electrons. The first-order valence-electron chi connectivity index (χ1n) is 6.36. The number of thioether (sulfide) groups is 2. The predicted molar refractivity (Wildman–Crippen MR) is 80.9 cm³/mol. The van der Waals surface area contributed by atoms with Gasteiger partial charge in [0.1, 0.15) is 5.25 Å². The number of alkyl halides is 3. The van der Waals surface area contributed by atoms with Crippen LogP contribution in [0.4, 0.5) is 13.2 Å². The monoisotopic (exact) mass is 338 g/mol. The molecule has 0 bridgehead atoms. The maximum Gasteiger partial charge on any atom is 0.416 e. The van der Waals surface area contributed by atoms with Gasteiger partial charge < -0.3 is 5.11 Å². The highest BCUT2D eigenvalue weighted by atomic mass is 32.2. The summed E-state index contributed by atoms with van der Waals surface area (Å²) in [5, 5.41) is 8.55. The van der Waals surface area contributed by atoms with Crippen LogP contribution in [0.1, 0.15) is 19.4 Å². The molecule has 118 valence electrons. The molecule has 7 heteroatoms. The lowest BCUT2D eigenvalue weighted by Crippen LogP contribution is -2.23. The van der Waals surface area contributed by atoms with E-state index in [9.17, 15) is 18.0 Å². The van der Waals surface area contributed by atoms with E-state index >= 15 is 0 Å². The molecule has 1 rings (SSSR count). The Morgan fingerprint density at radius 3 is 2.48 bits per heavy atom. The summed E-state index contributed by atoms with van der Waals surface area (Å²) in [5.74, 6) is 0.323. The van der Waals surface area contributed by atoms with Gasteiger partial charge in [0.15, 0.2) is 0 Å². The van der Waals surface area contributed by atoms with Gasteiger partial charge in [-0.1, -0.05) is 19.9 Å². The van der Waals surface area contributed by atoms with E-state index < -0.39 is 23.0 Å². The Morgan fingerprint density at radius 2 is 1.95 bits per heavy atom. The summed E-state index contributed by atoms with van der Waals surface area (Å²) in [6.45, 7) is 3.68. The zero-order valence-electron chi connectivity index (χ0n) is 11.7. The van der Waals surface area contributed by atoms with Crippen molar-refractivity contribution in [1.82, 2.24) is 0 Å². The maximum absolute atomic E-state index is 12.6. The minimum atomic E-state index is -4.34. The van der Waals surface area contributed by atoms with E-state index in [1.165, 1.54) is 29.6 Å². The third-order valence-corrected chi connectivity index (χ3v) is 5.46. The molecule has 1 aromatic rings. The largest absolute Gasteiger partial charge is 0.480 e. The van der Waals surface area contributed by atoms with Crippen molar-refractivity contribution in [3.8, 4) is 0 Å². The van der Waals surface area contributed by atoms with Gasteiger partial charge in [0.25, 0.3) is 0 Å². The number of aliphatic carboxylic acids is 1. The molecule has 1 N–H and O–H groups in total. The van der Waals surface area contributed by atoms with Crippen molar-refractivity contribution < 1.29 is 23.1 Å². The number of rotatable bonds is 7. The molecule has 0 spiro atoms. The van der Waals surface area contributed by atoms with Crippen LogP contribution >= 0.6 is 23.5 Å². The van der Waals surface area contributed by atoms with Crippen LogP contribution < -0.4 is 0 Å². The van der Waals surface area contributed by atoms with E-state index in [4.69, 9.17) is 5.11 Å². The van der Waals surface area contributed by atoms with Crippen molar-refractivity contribution >= 4 is 29.5 Å². The molecule has 21 heavy (non-hydrogen) atoms. The first-order valence-corrected chi connectivity index (χ1v) is 8.39. The summed E-state index contributed by atoms with van der Waals surface area (Å²) in [5.41, 5.74) is -0.661. The fraction of sp³-hybridized carbons (Fsp3) is 0.500. The Bertz CT molecular complexity index is 476. The standard InChI is InChI=1S/C14H17F3O2S2/c1-9(2)12(13(18)19)21-7-6-20-11-5-3-4-10(8-11)14(15,16)17/h3-5,8-9,12H,6-7H2,1-2H3,(H,18,19). The Kier molecular flexibility index (Phi) is 6.93. The molecule has 1 unspecified atom stereocenters. The van der Waals surface area contributed by atoms with Crippen LogP contribution in [0, 0.1) is 5.92 Å². The van der Waals surface area contributed by atoms with Gasteiger partial charge in [-0.2, -0.15) is 13.2 Å². The molecule has 0 aliphatic heterocycles. The maximum atomic E-state index is 12.6. The van der Waals surface area contributed by atoms with Crippen molar-refractivity contribution in [1.29, 1.82) is 0 Å². The van der Waals surface area contributed by atoms with Gasteiger partial charge in [-0.3, -0.25) is 4.79 Å². The fourth-order valence-electron chi connectivity index (χ4n) is 1.65. The van der Waals surface area contributed by atoms with Gasteiger partial charge in [0.2, 0.25) is 0 Å². The van der Waals surface area contributed by atoms with E-state index in [1.807, 2.05) is 13.8 Å². The van der Waals surface area contributed by atoms with Crippen molar-refractivity contribution in [2.75, 3.05) is 11.5 Å². The van der Waals surface area contributed by atoms with Gasteiger partial charge in [0, 0.05) is 16.4 Å². The highest BCUT2D eigenvalue weighted by Crippen LogP contribution is 2.32.